The van der Waals surface area contributed by atoms with E-state index in [1.54, 1.807) is 36.4 Å². The number of hydrogen-bond acceptors (Lipinski definition) is 28. The van der Waals surface area contributed by atoms with Gasteiger partial charge in [-0.1, -0.05) is 73.4 Å². The number of para-hydroxylation sites is 1. The average Bonchev–Trinajstić information content (AvgIpc) is 0.764. The number of anilines is 1. The van der Waals surface area contributed by atoms with Crippen molar-refractivity contribution in [3.63, 3.8) is 0 Å². The second-order valence-electron chi connectivity index (χ2n) is 29.7. The van der Waals surface area contributed by atoms with Crippen LogP contribution in [0.15, 0.2) is 133 Å². The van der Waals surface area contributed by atoms with Gasteiger partial charge in [-0.25, -0.2) is 0 Å². The normalized spacial score (nSPS) is 27.4. The van der Waals surface area contributed by atoms with Crippen molar-refractivity contribution in [3.8, 4) is 68.6 Å². The molecule has 628 valence electrons. The maximum atomic E-state index is 16.3. The Hall–Kier alpha value is -11.0. The molecule has 0 radical (unpaired) electrons. The second kappa shape index (κ2) is 36.4. The molecule has 2 saturated heterocycles. The molecule has 36 nitrogen and oxygen atoms in total. The highest BCUT2D eigenvalue weighted by Crippen LogP contribution is 2.50. The third-order valence-electron chi connectivity index (χ3n) is 20.5. The van der Waals surface area contributed by atoms with Crippen LogP contribution in [0.1, 0.15) is 105 Å². The summed E-state index contributed by atoms with van der Waals surface area (Å²) in [6.45, 7) is 4.87. The first-order chi connectivity index (χ1) is 56.1. The van der Waals surface area contributed by atoms with E-state index in [1.165, 1.54) is 51.2 Å². The number of hydrogen-bond donors (Lipinski definition) is 21. The Bertz CT molecular complexity index is 4940. The van der Waals surface area contributed by atoms with E-state index < -0.39 is 244 Å². The summed E-state index contributed by atoms with van der Waals surface area (Å²) >= 11 is 14.3. The van der Waals surface area contributed by atoms with Gasteiger partial charge in [0.2, 0.25) is 59.3 Å². The largest absolute Gasteiger partial charge is 0.508 e. The number of rotatable bonds is 18. The lowest BCUT2D eigenvalue weighted by Gasteiger charge is -2.47. The topological polar surface area (TPSA) is 564 Å². The molecule has 19 atom stereocenters. The van der Waals surface area contributed by atoms with Crippen LogP contribution < -0.4 is 78.3 Å². The summed E-state index contributed by atoms with van der Waals surface area (Å²) in [5.41, 5.74) is 8.64. The molecule has 0 saturated carbocycles. The first-order valence-corrected chi connectivity index (χ1v) is 38.1. The highest BCUT2D eigenvalue weighted by molar-refractivity contribution is 6.32. The third kappa shape index (κ3) is 19.4. The number of nitrogens with one attached hydrogen (secondary N) is 9. The van der Waals surface area contributed by atoms with E-state index in [0.29, 0.717) is 11.5 Å². The predicted octanol–water partition coefficient (Wildman–Crippen LogP) is 2.36. The van der Waals surface area contributed by atoms with Gasteiger partial charge in [-0.3, -0.25) is 43.7 Å². The molecule has 14 rings (SSSR count). The molecule has 7 aliphatic rings. The van der Waals surface area contributed by atoms with Crippen LogP contribution in [0.2, 0.25) is 10.0 Å². The van der Waals surface area contributed by atoms with Crippen molar-refractivity contribution < 1.29 is 123 Å². The summed E-state index contributed by atoms with van der Waals surface area (Å²) in [7, 11) is 1.48. The molecule has 7 aromatic carbocycles. The van der Waals surface area contributed by atoms with E-state index in [9.17, 15) is 70.2 Å². The molecular formula is C80H89Cl2N11O25. The summed E-state index contributed by atoms with van der Waals surface area (Å²) in [5.74, 6) is -13.6. The molecule has 7 aromatic rings. The fraction of sp³-hybridized carbons (Fsp3) is 0.375. The molecule has 118 heavy (non-hydrogen) atoms. The third-order valence-corrected chi connectivity index (χ3v) is 21.1. The molecule has 23 N–H and O–H groups in total. The van der Waals surface area contributed by atoms with Crippen molar-refractivity contribution in [2.75, 3.05) is 25.5 Å². The molecule has 0 aliphatic carbocycles. The number of phenolic OH excluding ortho intramolecular Hbond substituents is 3. The van der Waals surface area contributed by atoms with Crippen LogP contribution in [0.25, 0.3) is 11.1 Å². The molecule has 0 spiro atoms. The van der Waals surface area contributed by atoms with E-state index in [4.69, 9.17) is 67.8 Å². The Labute approximate surface area is 683 Å². The number of ether oxygens (including phenoxy) is 7. The van der Waals surface area contributed by atoms with Gasteiger partial charge in [0.25, 0.3) is 0 Å². The number of carbonyl (C=O) groups excluding carboxylic acids is 8. The van der Waals surface area contributed by atoms with Gasteiger partial charge in [-0.05, 0) is 152 Å². The number of fused-ring (bicyclic) bond motifs is 15. The number of primary amides is 1. The van der Waals surface area contributed by atoms with Gasteiger partial charge < -0.3 is 138 Å². The lowest BCUT2D eigenvalue weighted by atomic mass is 9.86. The molecule has 19 unspecified atom stereocenters. The minimum Gasteiger partial charge on any atom is -0.508 e. The van der Waals surface area contributed by atoms with Crippen LogP contribution in [0.3, 0.4) is 0 Å². The van der Waals surface area contributed by atoms with Crippen molar-refractivity contribution in [1.29, 1.82) is 0 Å². The number of likely N-dealkylation sites (N-methyl/N-ethyl adjacent to an activating group) is 1. The van der Waals surface area contributed by atoms with Crippen molar-refractivity contribution in [2.45, 2.75) is 162 Å². The molecule has 38 heteroatoms. The zero-order chi connectivity index (χ0) is 85.0. The van der Waals surface area contributed by atoms with Crippen LogP contribution in [-0.4, -0.2) is 204 Å². The van der Waals surface area contributed by atoms with E-state index in [2.05, 4.69) is 47.9 Å². The zero-order valence-electron chi connectivity index (χ0n) is 63.7. The maximum Gasteiger partial charge on any atom is 0.248 e. The summed E-state index contributed by atoms with van der Waals surface area (Å²) < 4.78 is 44.5. The number of aliphatic hydroxyl groups excluding tert-OH is 7. The van der Waals surface area contributed by atoms with Crippen molar-refractivity contribution in [1.82, 2.24) is 42.5 Å². The van der Waals surface area contributed by atoms with Crippen LogP contribution >= 0.6 is 23.2 Å². The minimum absolute atomic E-state index is 0.108. The van der Waals surface area contributed by atoms with E-state index in [0.717, 1.165) is 60.7 Å². The van der Waals surface area contributed by atoms with Gasteiger partial charge in [0.1, 0.15) is 107 Å². The van der Waals surface area contributed by atoms with Crippen LogP contribution in [0.4, 0.5) is 5.69 Å². The molecule has 7 heterocycles. The lowest BCUT2D eigenvalue weighted by molar-refractivity contribution is -0.333. The van der Waals surface area contributed by atoms with E-state index in [-0.39, 0.29) is 57.7 Å². The molecular weight excluding hydrogens is 1590 g/mol. The Morgan fingerprint density at radius 3 is 1.92 bits per heavy atom. The minimum atomic E-state index is -2.42. The predicted molar refractivity (Wildman–Crippen MR) is 417 cm³/mol. The SMILES string of the molecule is CNC(CC(C)C)C(=O)NC1C(=O)NC(CC(N)=O)C(=O)NC2C(=O)NC3C(=O)NC(C(O)NC(C(=O)NCC(=O)Nc4ccc(Oc5ccccc5)cc4)c4cc(O)cc(O)c4-c4cc3ccc4O)C(O)c3ccc(c(Cl)c3)Oc3cc2cc(c3OC2OC(CO)C(O)C(O)C2OC2CC(C)(N)C(O)C(C)O2)Oc2ccc(cc2Cl)C1O. The van der Waals surface area contributed by atoms with Gasteiger partial charge in [-0.2, -0.15) is 0 Å². The summed E-state index contributed by atoms with van der Waals surface area (Å²) in [4.78, 5) is 119. The average molecular weight is 1680 g/mol. The summed E-state index contributed by atoms with van der Waals surface area (Å²) in [6, 6.07) is 15.1. The van der Waals surface area contributed by atoms with Gasteiger partial charge in [0, 0.05) is 34.8 Å². The quantitative estimate of drug-likeness (QED) is 0.0586. The first-order valence-electron chi connectivity index (χ1n) is 37.3. The lowest BCUT2D eigenvalue weighted by Crippen LogP contribution is -2.64. The number of halogens is 2. The van der Waals surface area contributed by atoms with E-state index >= 15 is 19.2 Å². The van der Waals surface area contributed by atoms with Gasteiger partial charge in [0.05, 0.1) is 53.9 Å². The van der Waals surface area contributed by atoms with E-state index in [1.807, 2.05) is 19.9 Å². The van der Waals surface area contributed by atoms with Crippen molar-refractivity contribution in [3.05, 3.63) is 171 Å². The zero-order valence-corrected chi connectivity index (χ0v) is 65.2. The number of nitrogens with two attached hydrogens (primary N) is 2. The fourth-order valence-corrected chi connectivity index (χ4v) is 14.8. The van der Waals surface area contributed by atoms with Gasteiger partial charge in [0.15, 0.2) is 23.9 Å². The number of aromatic hydroxyl groups is 3. The molecule has 0 aromatic heterocycles. The summed E-state index contributed by atoms with van der Waals surface area (Å²) in [6.07, 6.45) is -21.1. The highest BCUT2D eigenvalue weighted by Gasteiger charge is 2.52. The molecule has 8 amide bonds. The Balaban J connectivity index is 1.03. The standard InChI is InChI=1S/C80H89Cl2N11O25/c1-33(2)21-47(85-5)72(105)92-63-65(100)36-12-19-51(45(81)23-36)114-53-25-38-26-54(69(53)118-79-70(68(103)67(102)55(32-94)116-79)117-58-30-80(4,84)71(104)34(3)112-58)115-52-20-13-37(24-46(52)82)66(101)64-78(111)91-62(74(107)86-31-57(99)87-39-14-16-42(17-15-39)113-41-9-7-6-8-10-41)44-27-40(95)28-50(97)59(44)43-22-35(11-18-49(43)96)60(75(108)93-64)90-76(109)61(38)89-73(106)48(29-56(83)98)88-77(63)110/h6-20,22-28,33-34,47-48,55,58,60-68,70-71,78-79,85,91,94-97,100-104,111H,21,29-32,84H2,1-5H3,(H2,83,98)(H,86,107)(H,87,99)(H,88,110)(H,89,106)(H,90,109)(H,92,105)(H,93,108). The Kier molecular flexibility index (Phi) is 26.7. The molecule has 11 bridgehead atoms. The number of aliphatic hydroxyl groups is 7. The highest BCUT2D eigenvalue weighted by atomic mass is 35.5. The van der Waals surface area contributed by atoms with Crippen LogP contribution in [-0.2, 0) is 52.6 Å². The Morgan fingerprint density at radius 1 is 0.686 bits per heavy atom. The smallest absolute Gasteiger partial charge is 0.248 e. The van der Waals surface area contributed by atoms with Crippen LogP contribution in [0.5, 0.6) is 57.5 Å². The fourth-order valence-electron chi connectivity index (χ4n) is 14.3. The Morgan fingerprint density at radius 2 is 1.31 bits per heavy atom. The van der Waals surface area contributed by atoms with Crippen LogP contribution in [0, 0.1) is 5.92 Å². The van der Waals surface area contributed by atoms with Gasteiger partial charge >= 0.3 is 0 Å². The maximum absolute atomic E-state index is 16.3. The number of phenols is 3. The number of carbonyl (C=O) groups is 8. The first kappa shape index (κ1) is 86.3. The van der Waals surface area contributed by atoms with Gasteiger partial charge in [-0.15, -0.1) is 0 Å². The second-order valence-corrected chi connectivity index (χ2v) is 30.5. The molecule has 7 aliphatic heterocycles. The monoisotopic (exact) mass is 1670 g/mol. The number of benzene rings is 7. The summed E-state index contributed by atoms with van der Waals surface area (Å²) in [5, 5.41) is 141. The van der Waals surface area contributed by atoms with Crippen molar-refractivity contribution in [2.24, 2.45) is 17.4 Å². The molecule has 2 fully saturated rings. The van der Waals surface area contributed by atoms with Crippen molar-refractivity contribution >= 4 is 76.1 Å². The number of amides is 8.